The molecule has 1 atom stereocenters. The van der Waals surface area contributed by atoms with Crippen molar-refractivity contribution in [2.75, 3.05) is 20.1 Å². The molecule has 0 aromatic carbocycles. The molecular formula is C9H15BrN4. The monoisotopic (exact) mass is 258 g/mol. The molecule has 1 unspecified atom stereocenters. The summed E-state index contributed by atoms with van der Waals surface area (Å²) in [6.07, 6.45) is 3.03. The van der Waals surface area contributed by atoms with Gasteiger partial charge in [0.2, 0.25) is 0 Å². The average molecular weight is 259 g/mol. The molecule has 1 aliphatic rings. The average Bonchev–Trinajstić information content (AvgIpc) is 2.72. The number of aromatic nitrogens is 2. The quantitative estimate of drug-likeness (QED) is 0.850. The number of aromatic amines is 1. The summed E-state index contributed by atoms with van der Waals surface area (Å²) in [6, 6.07) is 0.621. The largest absolute Gasteiger partial charge is 0.307 e. The van der Waals surface area contributed by atoms with Crippen LogP contribution in [-0.4, -0.2) is 41.3 Å². The third-order valence-electron chi connectivity index (χ3n) is 2.62. The van der Waals surface area contributed by atoms with Crippen LogP contribution >= 0.6 is 15.9 Å². The van der Waals surface area contributed by atoms with Crippen molar-refractivity contribution in [1.82, 2.24) is 20.4 Å². The van der Waals surface area contributed by atoms with Crippen LogP contribution in [-0.2, 0) is 6.54 Å². The maximum absolute atomic E-state index is 3.96. The first-order chi connectivity index (χ1) is 6.75. The van der Waals surface area contributed by atoms with Gasteiger partial charge < -0.3 is 10.2 Å². The fraction of sp³-hybridized carbons (Fsp3) is 0.667. The summed E-state index contributed by atoms with van der Waals surface area (Å²) in [6.45, 7) is 3.20. The van der Waals surface area contributed by atoms with Gasteiger partial charge in [0.1, 0.15) is 0 Å². The standard InChI is InChI=1S/C9H15BrN4/c1-14-3-2-7(6-14)11-5-9-8(10)4-12-13-9/h4,7,11H,2-3,5-6H2,1H3,(H,12,13). The maximum Gasteiger partial charge on any atom is 0.0633 e. The van der Waals surface area contributed by atoms with Crippen LogP contribution in [0.5, 0.6) is 0 Å². The van der Waals surface area contributed by atoms with E-state index in [1.807, 2.05) is 0 Å². The van der Waals surface area contributed by atoms with Gasteiger partial charge >= 0.3 is 0 Å². The second-order valence-electron chi connectivity index (χ2n) is 3.83. The minimum absolute atomic E-state index is 0.621. The lowest BCUT2D eigenvalue weighted by atomic mass is 10.2. The number of halogens is 1. The van der Waals surface area contributed by atoms with E-state index in [0.29, 0.717) is 6.04 Å². The number of likely N-dealkylation sites (tertiary alicyclic amines) is 1. The van der Waals surface area contributed by atoms with Crippen LogP contribution in [0.4, 0.5) is 0 Å². The molecule has 14 heavy (non-hydrogen) atoms. The lowest BCUT2D eigenvalue weighted by molar-refractivity contribution is 0.397. The summed E-state index contributed by atoms with van der Waals surface area (Å²) in [5.74, 6) is 0. The van der Waals surface area contributed by atoms with Crippen molar-refractivity contribution in [3.05, 3.63) is 16.4 Å². The number of hydrogen-bond acceptors (Lipinski definition) is 3. The third kappa shape index (κ3) is 2.34. The van der Waals surface area contributed by atoms with Crippen LogP contribution in [0.1, 0.15) is 12.1 Å². The molecule has 2 rings (SSSR count). The number of nitrogens with one attached hydrogen (secondary N) is 2. The number of nitrogens with zero attached hydrogens (tertiary/aromatic N) is 2. The molecule has 1 aromatic rings. The fourth-order valence-corrected chi connectivity index (χ4v) is 2.10. The highest BCUT2D eigenvalue weighted by Gasteiger charge is 2.18. The predicted molar refractivity (Wildman–Crippen MR) is 59.0 cm³/mol. The van der Waals surface area contributed by atoms with Crippen LogP contribution < -0.4 is 5.32 Å². The molecule has 5 heteroatoms. The number of H-pyrrole nitrogens is 1. The molecule has 4 nitrogen and oxygen atoms in total. The van der Waals surface area contributed by atoms with Crippen molar-refractivity contribution in [3.63, 3.8) is 0 Å². The van der Waals surface area contributed by atoms with E-state index in [-0.39, 0.29) is 0 Å². The highest BCUT2D eigenvalue weighted by Crippen LogP contribution is 2.13. The SMILES string of the molecule is CN1CCC(NCc2[nH]ncc2Br)C1. The molecule has 1 aliphatic heterocycles. The summed E-state index contributed by atoms with van der Waals surface area (Å²) < 4.78 is 1.05. The van der Waals surface area contributed by atoms with Gasteiger partial charge in [-0.2, -0.15) is 5.10 Å². The maximum atomic E-state index is 3.96. The van der Waals surface area contributed by atoms with Crippen molar-refractivity contribution in [2.45, 2.75) is 19.0 Å². The predicted octanol–water partition coefficient (Wildman–Crippen LogP) is 0.966. The second kappa shape index (κ2) is 4.42. The molecule has 1 aromatic heterocycles. The van der Waals surface area contributed by atoms with E-state index in [1.54, 1.807) is 6.20 Å². The lowest BCUT2D eigenvalue weighted by Crippen LogP contribution is -2.31. The molecule has 2 heterocycles. The first kappa shape index (κ1) is 10.1. The topological polar surface area (TPSA) is 44.0 Å². The zero-order valence-corrected chi connectivity index (χ0v) is 9.84. The van der Waals surface area contributed by atoms with Gasteiger partial charge in [0.25, 0.3) is 0 Å². The molecule has 1 fully saturated rings. The molecule has 0 amide bonds. The van der Waals surface area contributed by atoms with Gasteiger partial charge in [0.05, 0.1) is 16.4 Å². The van der Waals surface area contributed by atoms with E-state index >= 15 is 0 Å². The Morgan fingerprint density at radius 1 is 1.79 bits per heavy atom. The highest BCUT2D eigenvalue weighted by atomic mass is 79.9. The molecule has 0 bridgehead atoms. The molecule has 0 spiro atoms. The van der Waals surface area contributed by atoms with E-state index in [4.69, 9.17) is 0 Å². The fourth-order valence-electron chi connectivity index (χ4n) is 1.77. The Bertz CT molecular complexity index is 299. The minimum atomic E-state index is 0.621. The lowest BCUT2D eigenvalue weighted by Gasteiger charge is -2.11. The van der Waals surface area contributed by atoms with E-state index in [9.17, 15) is 0 Å². The van der Waals surface area contributed by atoms with Crippen molar-refractivity contribution in [3.8, 4) is 0 Å². The summed E-state index contributed by atoms with van der Waals surface area (Å²) in [5, 5.41) is 10.4. The zero-order chi connectivity index (χ0) is 9.97. The number of likely N-dealkylation sites (N-methyl/N-ethyl adjacent to an activating group) is 1. The Kier molecular flexibility index (Phi) is 3.20. The van der Waals surface area contributed by atoms with Crippen molar-refractivity contribution < 1.29 is 0 Å². The second-order valence-corrected chi connectivity index (χ2v) is 4.68. The first-order valence-corrected chi connectivity index (χ1v) is 5.64. The van der Waals surface area contributed by atoms with E-state index < -0.39 is 0 Å². The van der Waals surface area contributed by atoms with Gasteiger partial charge in [0, 0.05) is 19.1 Å². The van der Waals surface area contributed by atoms with Crippen molar-refractivity contribution in [2.24, 2.45) is 0 Å². The Balaban J connectivity index is 1.80. The molecule has 0 aliphatic carbocycles. The Hall–Kier alpha value is -0.390. The smallest absolute Gasteiger partial charge is 0.0633 e. The number of hydrogen-bond donors (Lipinski definition) is 2. The Morgan fingerprint density at radius 2 is 2.64 bits per heavy atom. The van der Waals surface area contributed by atoms with Gasteiger partial charge in [-0.3, -0.25) is 5.10 Å². The van der Waals surface area contributed by atoms with Gasteiger partial charge in [-0.15, -0.1) is 0 Å². The summed E-state index contributed by atoms with van der Waals surface area (Å²) in [5.41, 5.74) is 1.12. The van der Waals surface area contributed by atoms with Crippen molar-refractivity contribution >= 4 is 15.9 Å². The van der Waals surface area contributed by atoms with Crippen LogP contribution in [0.15, 0.2) is 10.7 Å². The van der Waals surface area contributed by atoms with Crippen LogP contribution in [0.25, 0.3) is 0 Å². The Morgan fingerprint density at radius 3 is 3.21 bits per heavy atom. The normalized spacial score (nSPS) is 23.1. The van der Waals surface area contributed by atoms with E-state index in [1.165, 1.54) is 13.0 Å². The molecule has 2 N–H and O–H groups in total. The van der Waals surface area contributed by atoms with Gasteiger partial charge in [0.15, 0.2) is 0 Å². The minimum Gasteiger partial charge on any atom is -0.307 e. The van der Waals surface area contributed by atoms with Crippen molar-refractivity contribution in [1.29, 1.82) is 0 Å². The molecule has 78 valence electrons. The summed E-state index contributed by atoms with van der Waals surface area (Å²) in [7, 11) is 2.16. The van der Waals surface area contributed by atoms with Crippen LogP contribution in [0.3, 0.4) is 0 Å². The summed E-state index contributed by atoms with van der Waals surface area (Å²) >= 11 is 3.44. The molecular weight excluding hydrogens is 244 g/mol. The third-order valence-corrected chi connectivity index (χ3v) is 3.31. The summed E-state index contributed by atoms with van der Waals surface area (Å²) in [4.78, 5) is 2.35. The van der Waals surface area contributed by atoms with Crippen LogP contribution in [0.2, 0.25) is 0 Å². The van der Waals surface area contributed by atoms with Crippen LogP contribution in [0, 0.1) is 0 Å². The highest BCUT2D eigenvalue weighted by molar-refractivity contribution is 9.10. The number of rotatable bonds is 3. The van der Waals surface area contributed by atoms with Gasteiger partial charge in [-0.1, -0.05) is 0 Å². The molecule has 0 saturated carbocycles. The molecule has 1 saturated heterocycles. The molecule has 0 radical (unpaired) electrons. The van der Waals surface area contributed by atoms with Gasteiger partial charge in [-0.25, -0.2) is 0 Å². The van der Waals surface area contributed by atoms with Gasteiger partial charge in [-0.05, 0) is 35.9 Å². The van der Waals surface area contributed by atoms with E-state index in [0.717, 1.165) is 23.3 Å². The first-order valence-electron chi connectivity index (χ1n) is 4.85. The zero-order valence-electron chi connectivity index (χ0n) is 8.26. The van der Waals surface area contributed by atoms with E-state index in [2.05, 4.69) is 43.4 Å². The Labute approximate surface area is 92.2 Å².